The Kier molecular flexibility index (Phi) is 3.85. The third-order valence-electron chi connectivity index (χ3n) is 3.14. The molecule has 7 nitrogen and oxygen atoms in total. The molecule has 110 valence electrons. The van der Waals surface area contributed by atoms with Crippen LogP contribution in [-0.2, 0) is 19.6 Å². The van der Waals surface area contributed by atoms with E-state index in [0.717, 1.165) is 16.9 Å². The number of nitrogens with zero attached hydrogens (tertiary/aromatic N) is 1. The van der Waals surface area contributed by atoms with E-state index >= 15 is 0 Å². The lowest BCUT2D eigenvalue weighted by atomic mass is 10.2. The second-order valence-corrected chi connectivity index (χ2v) is 7.23. The molecule has 1 aliphatic rings. The van der Waals surface area contributed by atoms with Gasteiger partial charge in [-0.05, 0) is 17.9 Å². The number of primary sulfonamides is 1. The first-order valence-electron chi connectivity index (χ1n) is 5.74. The van der Waals surface area contributed by atoms with Crippen molar-refractivity contribution in [1.82, 2.24) is 0 Å². The second-order valence-electron chi connectivity index (χ2n) is 4.51. The van der Waals surface area contributed by atoms with Crippen molar-refractivity contribution < 1.29 is 22.7 Å². The fourth-order valence-corrected chi connectivity index (χ4v) is 3.82. The zero-order valence-electron chi connectivity index (χ0n) is 11.0. The molecule has 1 aromatic rings. The first kappa shape index (κ1) is 14.9. The van der Waals surface area contributed by atoms with E-state index in [4.69, 9.17) is 5.14 Å². The van der Waals surface area contributed by atoms with Gasteiger partial charge in [0.25, 0.3) is 0 Å². The van der Waals surface area contributed by atoms with Gasteiger partial charge in [0.1, 0.15) is 10.1 Å². The molecule has 0 aliphatic carbocycles. The Morgan fingerprint density at radius 3 is 2.70 bits per heavy atom. The van der Waals surface area contributed by atoms with Gasteiger partial charge in [0.15, 0.2) is 0 Å². The number of hydrogen-bond acceptors (Lipinski definition) is 6. The number of carbonyl (C=O) groups excluding carboxylic acids is 2. The summed E-state index contributed by atoms with van der Waals surface area (Å²) in [7, 11) is -2.54. The minimum atomic E-state index is -3.79. The third-order valence-corrected chi connectivity index (χ3v) is 5.45. The van der Waals surface area contributed by atoms with Crippen molar-refractivity contribution in [3.63, 3.8) is 0 Å². The van der Waals surface area contributed by atoms with Crippen LogP contribution in [0.25, 0.3) is 0 Å². The number of amides is 1. The fourth-order valence-electron chi connectivity index (χ4n) is 2.12. The Balaban J connectivity index is 2.40. The van der Waals surface area contributed by atoms with Crippen LogP contribution >= 0.6 is 11.3 Å². The van der Waals surface area contributed by atoms with Crippen LogP contribution in [0.1, 0.15) is 21.7 Å². The van der Waals surface area contributed by atoms with Gasteiger partial charge in [-0.25, -0.2) is 18.4 Å². The van der Waals surface area contributed by atoms with Gasteiger partial charge in [-0.15, -0.1) is 11.3 Å². The highest BCUT2D eigenvalue weighted by Gasteiger charge is 2.39. The standard InChI is InChI=1S/C11H14N2O5S2/c1-6-5-19-10(11(15)18-2)9(6)13-4-7(3-8(13)14)20(12,16)17/h5,7H,3-4H2,1-2H3,(H2,12,16,17). The Hall–Kier alpha value is -1.45. The van der Waals surface area contributed by atoms with Crippen LogP contribution in [0.15, 0.2) is 5.38 Å². The van der Waals surface area contributed by atoms with Crippen molar-refractivity contribution in [2.75, 3.05) is 18.6 Å². The summed E-state index contributed by atoms with van der Waals surface area (Å²) < 4.78 is 27.4. The molecule has 9 heteroatoms. The number of ether oxygens (including phenoxy) is 1. The Bertz CT molecular complexity index is 664. The highest BCUT2D eigenvalue weighted by molar-refractivity contribution is 7.89. The van der Waals surface area contributed by atoms with Gasteiger partial charge >= 0.3 is 5.97 Å². The molecule has 1 unspecified atom stereocenters. The van der Waals surface area contributed by atoms with Crippen LogP contribution in [0.3, 0.4) is 0 Å². The monoisotopic (exact) mass is 318 g/mol. The van der Waals surface area contributed by atoms with Gasteiger partial charge in [-0.1, -0.05) is 0 Å². The largest absolute Gasteiger partial charge is 0.465 e. The normalized spacial score (nSPS) is 19.4. The third kappa shape index (κ3) is 2.56. The maximum atomic E-state index is 12.0. The molecule has 2 rings (SSSR count). The molecule has 1 saturated heterocycles. The minimum absolute atomic E-state index is 0.0424. The number of aryl methyl sites for hydroxylation is 1. The molecule has 1 fully saturated rings. The van der Waals surface area contributed by atoms with E-state index in [9.17, 15) is 18.0 Å². The van der Waals surface area contributed by atoms with Crippen molar-refractivity contribution in [3.05, 3.63) is 15.8 Å². The number of rotatable bonds is 3. The number of nitrogens with two attached hydrogens (primary N) is 1. The highest BCUT2D eigenvalue weighted by Crippen LogP contribution is 2.35. The molecule has 20 heavy (non-hydrogen) atoms. The van der Waals surface area contributed by atoms with Gasteiger partial charge in [-0.3, -0.25) is 4.79 Å². The lowest BCUT2D eigenvalue weighted by molar-refractivity contribution is -0.117. The molecule has 1 aliphatic heterocycles. The number of sulfonamides is 1. The van der Waals surface area contributed by atoms with Crippen molar-refractivity contribution >= 4 is 38.9 Å². The molecule has 0 saturated carbocycles. The zero-order chi connectivity index (χ0) is 15.1. The number of carbonyl (C=O) groups is 2. The molecule has 0 spiro atoms. The Labute approximate surface area is 120 Å². The molecule has 1 atom stereocenters. The summed E-state index contributed by atoms with van der Waals surface area (Å²) in [6.45, 7) is 1.70. The van der Waals surface area contributed by atoms with E-state index in [1.807, 2.05) is 0 Å². The average Bonchev–Trinajstić information content (AvgIpc) is 2.91. The lowest BCUT2D eigenvalue weighted by Crippen LogP contribution is -2.32. The number of thiophene rings is 1. The van der Waals surface area contributed by atoms with E-state index in [-0.39, 0.29) is 23.7 Å². The zero-order valence-corrected chi connectivity index (χ0v) is 12.6. The van der Waals surface area contributed by atoms with Gasteiger partial charge in [-0.2, -0.15) is 0 Å². The molecule has 0 radical (unpaired) electrons. The highest BCUT2D eigenvalue weighted by atomic mass is 32.2. The summed E-state index contributed by atoms with van der Waals surface area (Å²) in [5.74, 6) is -0.916. The molecule has 0 bridgehead atoms. The van der Waals surface area contributed by atoms with E-state index in [0.29, 0.717) is 5.69 Å². The van der Waals surface area contributed by atoms with Crippen molar-refractivity contribution in [2.45, 2.75) is 18.6 Å². The summed E-state index contributed by atoms with van der Waals surface area (Å²) in [5.41, 5.74) is 1.14. The first-order chi connectivity index (χ1) is 9.25. The summed E-state index contributed by atoms with van der Waals surface area (Å²) in [6.07, 6.45) is -0.172. The van der Waals surface area contributed by atoms with Gasteiger partial charge < -0.3 is 9.64 Å². The van der Waals surface area contributed by atoms with Crippen LogP contribution < -0.4 is 10.0 Å². The van der Waals surface area contributed by atoms with Crippen LogP contribution in [0.4, 0.5) is 5.69 Å². The predicted molar refractivity (Wildman–Crippen MR) is 74.3 cm³/mol. The van der Waals surface area contributed by atoms with E-state index < -0.39 is 21.2 Å². The molecule has 2 N–H and O–H groups in total. The van der Waals surface area contributed by atoms with Crippen molar-refractivity contribution in [3.8, 4) is 0 Å². The SMILES string of the molecule is COC(=O)c1scc(C)c1N1CC(S(N)(=O)=O)CC1=O. The molecule has 1 amide bonds. The number of anilines is 1. The molecular formula is C11H14N2O5S2. The number of hydrogen-bond donors (Lipinski definition) is 1. The second kappa shape index (κ2) is 5.15. The van der Waals surface area contributed by atoms with Crippen LogP contribution in [0, 0.1) is 6.92 Å². The maximum Gasteiger partial charge on any atom is 0.350 e. The average molecular weight is 318 g/mol. The summed E-state index contributed by atoms with van der Waals surface area (Å²) in [6, 6.07) is 0. The van der Waals surface area contributed by atoms with Crippen molar-refractivity contribution in [2.24, 2.45) is 5.14 Å². The quantitative estimate of drug-likeness (QED) is 0.803. The maximum absolute atomic E-state index is 12.0. The summed E-state index contributed by atoms with van der Waals surface area (Å²) in [5, 5.41) is 5.86. The lowest BCUT2D eigenvalue weighted by Gasteiger charge is -2.17. The Morgan fingerprint density at radius 2 is 2.20 bits per heavy atom. The Morgan fingerprint density at radius 1 is 1.55 bits per heavy atom. The van der Waals surface area contributed by atoms with E-state index in [2.05, 4.69) is 4.74 Å². The fraction of sp³-hybridized carbons (Fsp3) is 0.455. The molecule has 0 aromatic carbocycles. The number of methoxy groups -OCH3 is 1. The predicted octanol–water partition coefficient (Wildman–Crippen LogP) is 0.237. The van der Waals surface area contributed by atoms with E-state index in [1.165, 1.54) is 12.0 Å². The summed E-state index contributed by atoms with van der Waals surface area (Å²) in [4.78, 5) is 25.3. The van der Waals surface area contributed by atoms with Gasteiger partial charge in [0, 0.05) is 13.0 Å². The van der Waals surface area contributed by atoms with Crippen LogP contribution in [-0.4, -0.2) is 39.2 Å². The molecular weight excluding hydrogens is 304 g/mol. The van der Waals surface area contributed by atoms with E-state index in [1.54, 1.807) is 12.3 Å². The first-order valence-corrected chi connectivity index (χ1v) is 8.23. The summed E-state index contributed by atoms with van der Waals surface area (Å²) >= 11 is 1.16. The molecule has 1 aromatic heterocycles. The molecule has 2 heterocycles. The number of esters is 1. The van der Waals surface area contributed by atoms with Crippen LogP contribution in [0.2, 0.25) is 0 Å². The topological polar surface area (TPSA) is 107 Å². The van der Waals surface area contributed by atoms with Gasteiger partial charge in [0.2, 0.25) is 15.9 Å². The van der Waals surface area contributed by atoms with Crippen molar-refractivity contribution in [1.29, 1.82) is 0 Å². The van der Waals surface area contributed by atoms with Crippen LogP contribution in [0.5, 0.6) is 0 Å². The minimum Gasteiger partial charge on any atom is -0.465 e. The van der Waals surface area contributed by atoms with Gasteiger partial charge in [0.05, 0.1) is 12.8 Å². The smallest absolute Gasteiger partial charge is 0.350 e.